The zero-order chi connectivity index (χ0) is 18.7. The number of hydrogen-bond donors (Lipinski definition) is 2. The van der Waals surface area contributed by atoms with Crippen molar-refractivity contribution in [3.05, 3.63) is 42.5 Å². The Labute approximate surface area is 150 Å². The molecule has 8 heteroatoms. The Balaban J connectivity index is 3.11. The number of hydrogen-bond acceptors (Lipinski definition) is 5. The number of ether oxygens (including phenoxy) is 2. The van der Waals surface area contributed by atoms with Crippen molar-refractivity contribution in [1.82, 2.24) is 5.32 Å². The molecule has 7 nitrogen and oxygen atoms in total. The molecule has 25 heavy (non-hydrogen) atoms. The number of carbonyl (C=O) groups is 2. The summed E-state index contributed by atoms with van der Waals surface area (Å²) in [5.41, 5.74) is 5.20. The topological polar surface area (TPSA) is 114 Å². The third-order valence-electron chi connectivity index (χ3n) is 3.18. The smallest absolute Gasteiger partial charge is 0.407 e. The van der Waals surface area contributed by atoms with Crippen molar-refractivity contribution < 1.29 is 23.6 Å². The van der Waals surface area contributed by atoms with Crippen LogP contribution in [0.25, 0.3) is 0 Å². The number of para-hydroxylation sites is 1. The number of carbonyl (C=O) groups excluding carboxylic acids is 2. The van der Waals surface area contributed by atoms with Gasteiger partial charge in [0.2, 0.25) is 0 Å². The Morgan fingerprint density at radius 1 is 1.36 bits per heavy atom. The number of benzene rings is 1. The molecule has 2 amide bonds. The minimum atomic E-state index is -1.79. The fourth-order valence-electron chi connectivity index (χ4n) is 2.02. The van der Waals surface area contributed by atoms with Crippen LogP contribution in [0.2, 0.25) is 0 Å². The van der Waals surface area contributed by atoms with Crippen LogP contribution < -0.4 is 15.8 Å². The summed E-state index contributed by atoms with van der Waals surface area (Å²) < 4.78 is 23.6. The summed E-state index contributed by atoms with van der Waals surface area (Å²) in [6, 6.07) is 8.77. The Kier molecular flexibility index (Phi) is 8.87. The molecule has 0 saturated carbocycles. The standard InChI is InChI=1S/C17H24N2O5S/c1-3-5-11-17(25(22)12-15(18)20,13-19-16(21)23-4-2)24-14-9-7-6-8-10-14/h3,5-10H,4,11-13H2,1-2H3,(H2,18,20)(H,19,21). The van der Waals surface area contributed by atoms with Gasteiger partial charge in [-0.05, 0) is 26.0 Å². The van der Waals surface area contributed by atoms with Gasteiger partial charge in [0.15, 0.2) is 5.75 Å². The van der Waals surface area contributed by atoms with Gasteiger partial charge in [0, 0.05) is 11.2 Å². The molecule has 0 saturated heterocycles. The monoisotopic (exact) mass is 368 g/mol. The quantitative estimate of drug-likeness (QED) is 0.482. The molecule has 0 bridgehead atoms. The summed E-state index contributed by atoms with van der Waals surface area (Å²) in [6.45, 7) is 3.59. The number of alkyl carbamates (subject to hydrolysis) is 1. The van der Waals surface area contributed by atoms with Crippen LogP contribution in [0.4, 0.5) is 4.79 Å². The molecule has 1 rings (SSSR count). The van der Waals surface area contributed by atoms with E-state index in [-0.39, 0.29) is 25.3 Å². The van der Waals surface area contributed by atoms with Crippen LogP contribution in [0.15, 0.2) is 42.5 Å². The van der Waals surface area contributed by atoms with E-state index in [9.17, 15) is 14.1 Å². The van der Waals surface area contributed by atoms with Gasteiger partial charge in [-0.3, -0.25) is 4.79 Å². The minimum absolute atomic E-state index is 0.106. The highest BCUT2D eigenvalue weighted by Gasteiger charge is 2.45. The molecular weight excluding hydrogens is 344 g/mol. The fourth-order valence-corrected chi connectivity index (χ4v) is 3.25. The van der Waals surface area contributed by atoms with Gasteiger partial charge in [-0.1, -0.05) is 30.4 Å². The second-order valence-corrected chi connectivity index (χ2v) is 6.85. The van der Waals surface area contributed by atoms with E-state index >= 15 is 0 Å². The van der Waals surface area contributed by atoms with Crippen LogP contribution in [-0.4, -0.2) is 40.4 Å². The summed E-state index contributed by atoms with van der Waals surface area (Å²) >= 11 is -1.79. The van der Waals surface area contributed by atoms with Gasteiger partial charge >= 0.3 is 6.09 Å². The third-order valence-corrected chi connectivity index (χ3v) is 4.95. The molecule has 0 heterocycles. The van der Waals surface area contributed by atoms with E-state index in [1.54, 1.807) is 43.3 Å². The summed E-state index contributed by atoms with van der Waals surface area (Å²) in [7, 11) is 0. The SMILES string of the molecule is CC=CCC(CNC(=O)OCC)(Oc1ccccc1)[S+]([O-])CC(N)=O. The van der Waals surface area contributed by atoms with Crippen LogP contribution >= 0.6 is 0 Å². The van der Waals surface area contributed by atoms with Crippen molar-refractivity contribution in [1.29, 1.82) is 0 Å². The molecule has 0 aliphatic heterocycles. The Morgan fingerprint density at radius 3 is 2.60 bits per heavy atom. The number of allylic oxidation sites excluding steroid dienone is 1. The van der Waals surface area contributed by atoms with Gasteiger partial charge in [-0.15, -0.1) is 0 Å². The van der Waals surface area contributed by atoms with Crippen molar-refractivity contribution in [2.75, 3.05) is 18.9 Å². The van der Waals surface area contributed by atoms with Crippen molar-refractivity contribution in [2.45, 2.75) is 25.2 Å². The average Bonchev–Trinajstić information content (AvgIpc) is 2.58. The molecule has 3 N–H and O–H groups in total. The van der Waals surface area contributed by atoms with E-state index in [0.29, 0.717) is 5.75 Å². The van der Waals surface area contributed by atoms with Gasteiger partial charge in [-0.2, -0.15) is 0 Å². The Morgan fingerprint density at radius 2 is 2.04 bits per heavy atom. The first-order valence-electron chi connectivity index (χ1n) is 7.86. The molecule has 1 aromatic rings. The molecule has 0 radical (unpaired) electrons. The first kappa shape index (κ1) is 20.9. The zero-order valence-corrected chi connectivity index (χ0v) is 15.2. The lowest BCUT2D eigenvalue weighted by Crippen LogP contribution is -2.55. The van der Waals surface area contributed by atoms with E-state index in [1.807, 2.05) is 13.0 Å². The minimum Gasteiger partial charge on any atom is -0.613 e. The van der Waals surface area contributed by atoms with E-state index in [2.05, 4.69) is 5.32 Å². The maximum atomic E-state index is 12.8. The summed E-state index contributed by atoms with van der Waals surface area (Å²) in [5.74, 6) is -0.624. The Bertz CT molecular complexity index is 582. The summed E-state index contributed by atoms with van der Waals surface area (Å²) in [5, 5.41) is 2.54. The number of amides is 2. The molecule has 0 fully saturated rings. The summed E-state index contributed by atoms with van der Waals surface area (Å²) in [6.07, 6.45) is 3.09. The highest BCUT2D eigenvalue weighted by atomic mass is 32.2. The predicted molar refractivity (Wildman–Crippen MR) is 96.5 cm³/mol. The second-order valence-electron chi connectivity index (χ2n) is 5.13. The Hall–Kier alpha value is -2.19. The van der Waals surface area contributed by atoms with Gasteiger partial charge in [0.25, 0.3) is 10.8 Å². The lowest BCUT2D eigenvalue weighted by molar-refractivity contribution is -0.115. The van der Waals surface area contributed by atoms with Gasteiger partial charge < -0.3 is 25.1 Å². The van der Waals surface area contributed by atoms with E-state index in [0.717, 1.165) is 0 Å². The first-order valence-corrected chi connectivity index (χ1v) is 9.18. The van der Waals surface area contributed by atoms with E-state index in [4.69, 9.17) is 15.2 Å². The van der Waals surface area contributed by atoms with Crippen LogP contribution in [0.5, 0.6) is 5.75 Å². The van der Waals surface area contributed by atoms with Crippen LogP contribution in [0, 0.1) is 0 Å². The van der Waals surface area contributed by atoms with Crippen molar-refractivity contribution in [3.63, 3.8) is 0 Å². The highest BCUT2D eigenvalue weighted by Crippen LogP contribution is 2.28. The van der Waals surface area contributed by atoms with Gasteiger partial charge in [0.1, 0.15) is 12.3 Å². The normalized spacial score (nSPS) is 14.5. The molecule has 2 unspecified atom stereocenters. The maximum absolute atomic E-state index is 12.8. The van der Waals surface area contributed by atoms with E-state index < -0.39 is 28.1 Å². The highest BCUT2D eigenvalue weighted by molar-refractivity contribution is 7.93. The number of primary amides is 1. The largest absolute Gasteiger partial charge is 0.613 e. The van der Waals surface area contributed by atoms with Gasteiger partial charge in [-0.25, -0.2) is 4.79 Å². The van der Waals surface area contributed by atoms with Crippen molar-refractivity contribution in [3.8, 4) is 5.75 Å². The predicted octanol–water partition coefficient (Wildman–Crippen LogP) is 1.71. The van der Waals surface area contributed by atoms with Gasteiger partial charge in [0.05, 0.1) is 13.0 Å². The number of nitrogens with two attached hydrogens (primary N) is 1. The van der Waals surface area contributed by atoms with E-state index in [1.165, 1.54) is 0 Å². The average molecular weight is 368 g/mol. The molecule has 0 aliphatic carbocycles. The molecule has 0 aliphatic rings. The number of nitrogens with one attached hydrogen (secondary N) is 1. The molecule has 2 atom stereocenters. The lowest BCUT2D eigenvalue weighted by atomic mass is 10.2. The molecule has 1 aromatic carbocycles. The lowest BCUT2D eigenvalue weighted by Gasteiger charge is -2.34. The molecule has 138 valence electrons. The second kappa shape index (κ2) is 10.6. The maximum Gasteiger partial charge on any atom is 0.407 e. The fraction of sp³-hybridized carbons (Fsp3) is 0.412. The van der Waals surface area contributed by atoms with Crippen molar-refractivity contribution in [2.24, 2.45) is 5.73 Å². The van der Waals surface area contributed by atoms with Crippen LogP contribution in [-0.2, 0) is 20.7 Å². The first-order chi connectivity index (χ1) is 11.9. The molecule has 0 aromatic heterocycles. The molecular formula is C17H24N2O5S. The van der Waals surface area contributed by atoms with Crippen LogP contribution in [0.1, 0.15) is 20.3 Å². The van der Waals surface area contributed by atoms with Crippen LogP contribution in [0.3, 0.4) is 0 Å². The molecule has 0 spiro atoms. The third kappa shape index (κ3) is 7.06. The zero-order valence-electron chi connectivity index (χ0n) is 14.4. The summed E-state index contributed by atoms with van der Waals surface area (Å²) in [4.78, 5) is 21.6. The number of rotatable bonds is 10. The van der Waals surface area contributed by atoms with Crippen molar-refractivity contribution >= 4 is 23.2 Å².